The fourth-order valence-corrected chi connectivity index (χ4v) is 2.79. The number of aryl methyl sites for hydroxylation is 1. The fraction of sp³-hybridized carbons (Fsp3) is 0.167. The highest BCUT2D eigenvalue weighted by molar-refractivity contribution is 6.13. The summed E-state index contributed by atoms with van der Waals surface area (Å²) >= 11 is 0. The first-order valence-corrected chi connectivity index (χ1v) is 7.00. The first-order valence-electron chi connectivity index (χ1n) is 7.00. The van der Waals surface area contributed by atoms with Crippen molar-refractivity contribution in [3.8, 4) is 11.3 Å². The molecule has 21 heavy (non-hydrogen) atoms. The molecule has 3 rings (SSSR count). The van der Waals surface area contributed by atoms with Crippen LogP contribution in [0, 0.1) is 5.41 Å². The molecule has 0 saturated heterocycles. The second-order valence-corrected chi connectivity index (χ2v) is 5.41. The number of rotatable bonds is 2. The molecule has 0 atom stereocenters. The first-order chi connectivity index (χ1) is 10.1. The van der Waals surface area contributed by atoms with E-state index in [0.717, 1.165) is 27.7 Å². The molecular formula is C18H19N3. The van der Waals surface area contributed by atoms with Gasteiger partial charge in [-0.15, -0.1) is 0 Å². The van der Waals surface area contributed by atoms with Crippen molar-refractivity contribution < 1.29 is 0 Å². The van der Waals surface area contributed by atoms with Crippen LogP contribution in [0.4, 0.5) is 0 Å². The summed E-state index contributed by atoms with van der Waals surface area (Å²) < 4.78 is 2.18. The van der Waals surface area contributed by atoms with E-state index < -0.39 is 0 Å². The van der Waals surface area contributed by atoms with Crippen LogP contribution in [0.5, 0.6) is 0 Å². The number of nitrogens with one attached hydrogen (secondary N) is 1. The van der Waals surface area contributed by atoms with Crippen molar-refractivity contribution >= 4 is 16.7 Å². The lowest BCUT2D eigenvalue weighted by Gasteiger charge is -2.16. The van der Waals surface area contributed by atoms with Gasteiger partial charge in [0.1, 0.15) is 5.84 Å². The van der Waals surface area contributed by atoms with Crippen molar-refractivity contribution in [2.24, 2.45) is 7.05 Å². The van der Waals surface area contributed by atoms with Crippen molar-refractivity contribution in [3.63, 3.8) is 0 Å². The van der Waals surface area contributed by atoms with Crippen LogP contribution < -0.4 is 0 Å². The van der Waals surface area contributed by atoms with Crippen molar-refractivity contribution in [1.82, 2.24) is 9.47 Å². The second-order valence-electron chi connectivity index (χ2n) is 5.41. The number of hydrogen-bond acceptors (Lipinski definition) is 1. The molecule has 0 amide bonds. The molecule has 0 radical (unpaired) electrons. The Balaban J connectivity index is 2.40. The standard InChI is InChI=1S/C18H19N3/c1-20(2)18(19)16-14-11-7-8-12-15(14)21(3)17(16)13-9-5-4-6-10-13/h4-12,19H,1-3H3. The van der Waals surface area contributed by atoms with Crippen LogP contribution in [0.1, 0.15) is 5.56 Å². The van der Waals surface area contributed by atoms with Gasteiger partial charge in [-0.2, -0.15) is 0 Å². The third kappa shape index (κ3) is 2.11. The Morgan fingerprint density at radius 1 is 0.952 bits per heavy atom. The number of nitrogens with zero attached hydrogens (tertiary/aromatic N) is 2. The van der Waals surface area contributed by atoms with E-state index in [1.54, 1.807) is 0 Å². The monoisotopic (exact) mass is 277 g/mol. The van der Waals surface area contributed by atoms with Gasteiger partial charge in [0.2, 0.25) is 0 Å². The Labute approximate surface area is 124 Å². The van der Waals surface area contributed by atoms with Crippen LogP contribution in [0.3, 0.4) is 0 Å². The summed E-state index contributed by atoms with van der Waals surface area (Å²) in [4.78, 5) is 1.86. The smallest absolute Gasteiger partial charge is 0.130 e. The van der Waals surface area contributed by atoms with Gasteiger partial charge in [-0.1, -0.05) is 48.5 Å². The van der Waals surface area contributed by atoms with Gasteiger partial charge in [0.25, 0.3) is 0 Å². The lowest BCUT2D eigenvalue weighted by atomic mass is 10.0. The zero-order chi connectivity index (χ0) is 15.0. The topological polar surface area (TPSA) is 32.0 Å². The molecule has 0 bridgehead atoms. The molecule has 0 fully saturated rings. The summed E-state index contributed by atoms with van der Waals surface area (Å²) in [5.41, 5.74) is 4.37. The van der Waals surface area contributed by atoms with Gasteiger partial charge in [0, 0.05) is 32.0 Å². The third-order valence-electron chi connectivity index (χ3n) is 3.84. The molecule has 106 valence electrons. The highest BCUT2D eigenvalue weighted by Gasteiger charge is 2.20. The number of hydrogen-bond donors (Lipinski definition) is 1. The van der Waals surface area contributed by atoms with Crippen molar-refractivity contribution in [1.29, 1.82) is 5.41 Å². The minimum Gasteiger partial charge on any atom is -0.363 e. The molecule has 0 saturated carbocycles. The van der Waals surface area contributed by atoms with Crippen LogP contribution in [0.25, 0.3) is 22.2 Å². The number of benzene rings is 2. The summed E-state index contributed by atoms with van der Waals surface area (Å²) in [5.74, 6) is 0.533. The van der Waals surface area contributed by atoms with Crippen LogP contribution in [-0.4, -0.2) is 29.4 Å². The van der Waals surface area contributed by atoms with Gasteiger partial charge in [-0.05, 0) is 11.6 Å². The average Bonchev–Trinajstić information content (AvgIpc) is 2.81. The van der Waals surface area contributed by atoms with Crippen molar-refractivity contribution in [2.45, 2.75) is 0 Å². The molecular weight excluding hydrogens is 258 g/mol. The predicted molar refractivity (Wildman–Crippen MR) is 88.9 cm³/mol. The van der Waals surface area contributed by atoms with Crippen LogP contribution >= 0.6 is 0 Å². The Bertz CT molecular complexity index is 798. The lowest BCUT2D eigenvalue weighted by molar-refractivity contribution is 0.619. The molecule has 1 heterocycles. The quantitative estimate of drug-likeness (QED) is 0.561. The fourth-order valence-electron chi connectivity index (χ4n) is 2.79. The molecule has 3 heteroatoms. The highest BCUT2D eigenvalue weighted by atomic mass is 15.1. The Morgan fingerprint density at radius 3 is 2.24 bits per heavy atom. The minimum absolute atomic E-state index is 0.533. The molecule has 0 aliphatic rings. The zero-order valence-corrected chi connectivity index (χ0v) is 12.6. The molecule has 0 aliphatic carbocycles. The van der Waals surface area contributed by atoms with Gasteiger partial charge in [-0.3, -0.25) is 5.41 Å². The number of para-hydroxylation sites is 1. The Kier molecular flexibility index (Phi) is 3.26. The average molecular weight is 277 g/mol. The van der Waals surface area contributed by atoms with Gasteiger partial charge < -0.3 is 9.47 Å². The van der Waals surface area contributed by atoms with E-state index in [4.69, 9.17) is 5.41 Å². The largest absolute Gasteiger partial charge is 0.363 e. The number of aromatic nitrogens is 1. The summed E-state index contributed by atoms with van der Waals surface area (Å²) in [6.07, 6.45) is 0. The van der Waals surface area contributed by atoms with Crippen molar-refractivity contribution in [2.75, 3.05) is 14.1 Å². The highest BCUT2D eigenvalue weighted by Crippen LogP contribution is 2.33. The maximum absolute atomic E-state index is 8.48. The molecule has 2 aromatic carbocycles. The van der Waals surface area contributed by atoms with Crippen LogP contribution in [0.15, 0.2) is 54.6 Å². The number of amidine groups is 1. The summed E-state index contributed by atoms with van der Waals surface area (Å²) in [6, 6.07) is 18.6. The number of fused-ring (bicyclic) bond motifs is 1. The van der Waals surface area contributed by atoms with Crippen LogP contribution in [0.2, 0.25) is 0 Å². The SMILES string of the molecule is CN(C)C(=N)c1c(-c2ccccc2)n(C)c2ccccc12. The van der Waals surface area contributed by atoms with E-state index in [-0.39, 0.29) is 0 Å². The summed E-state index contributed by atoms with van der Waals surface area (Å²) in [7, 11) is 5.90. The molecule has 0 aliphatic heterocycles. The maximum atomic E-state index is 8.48. The second kappa shape index (κ2) is 5.09. The first kappa shape index (κ1) is 13.4. The third-order valence-corrected chi connectivity index (χ3v) is 3.84. The molecule has 0 unspecified atom stereocenters. The van der Waals surface area contributed by atoms with E-state index >= 15 is 0 Å². The summed E-state index contributed by atoms with van der Waals surface area (Å²) in [5, 5.41) is 9.61. The maximum Gasteiger partial charge on any atom is 0.130 e. The lowest BCUT2D eigenvalue weighted by Crippen LogP contribution is -2.22. The Hall–Kier alpha value is -2.55. The Morgan fingerprint density at radius 2 is 1.57 bits per heavy atom. The van der Waals surface area contributed by atoms with Crippen molar-refractivity contribution in [3.05, 3.63) is 60.2 Å². The van der Waals surface area contributed by atoms with Gasteiger partial charge in [0.15, 0.2) is 0 Å². The molecule has 0 spiro atoms. The van der Waals surface area contributed by atoms with E-state index in [1.165, 1.54) is 0 Å². The molecule has 1 N–H and O–H groups in total. The normalized spacial score (nSPS) is 10.8. The predicted octanol–water partition coefficient (Wildman–Crippen LogP) is 3.73. The molecule has 1 aromatic heterocycles. The zero-order valence-electron chi connectivity index (χ0n) is 12.6. The van der Waals surface area contributed by atoms with E-state index in [1.807, 2.05) is 49.3 Å². The van der Waals surface area contributed by atoms with E-state index in [0.29, 0.717) is 5.84 Å². The van der Waals surface area contributed by atoms with Gasteiger partial charge in [-0.25, -0.2) is 0 Å². The summed E-state index contributed by atoms with van der Waals surface area (Å²) in [6.45, 7) is 0. The molecule has 3 aromatic rings. The van der Waals surface area contributed by atoms with Crippen LogP contribution in [-0.2, 0) is 7.05 Å². The van der Waals surface area contributed by atoms with Gasteiger partial charge in [0.05, 0.1) is 11.3 Å². The van der Waals surface area contributed by atoms with E-state index in [2.05, 4.69) is 35.9 Å². The minimum atomic E-state index is 0.533. The van der Waals surface area contributed by atoms with E-state index in [9.17, 15) is 0 Å². The van der Waals surface area contributed by atoms with Gasteiger partial charge >= 0.3 is 0 Å². The molecule has 3 nitrogen and oxygen atoms in total.